The molecule has 0 aliphatic heterocycles. The van der Waals surface area contributed by atoms with Crippen LogP contribution in [0.5, 0.6) is 0 Å². The minimum Gasteiger partial charge on any atom is -0.367 e. The van der Waals surface area contributed by atoms with E-state index in [4.69, 9.17) is 5.84 Å². The van der Waals surface area contributed by atoms with Gasteiger partial charge in [0.2, 0.25) is 5.82 Å². The van der Waals surface area contributed by atoms with Gasteiger partial charge in [-0.2, -0.15) is 24.9 Å². The second kappa shape index (κ2) is 6.10. The van der Waals surface area contributed by atoms with Crippen LogP contribution in [0.25, 0.3) is 0 Å². The fourth-order valence-corrected chi connectivity index (χ4v) is 1.85. The van der Waals surface area contributed by atoms with Crippen molar-refractivity contribution in [1.82, 2.24) is 9.97 Å². The molecule has 1 unspecified atom stereocenters. The number of nitrogens with zero attached hydrogens (tertiary/aromatic N) is 2. The summed E-state index contributed by atoms with van der Waals surface area (Å²) in [6, 6.07) is 1.31. The lowest BCUT2D eigenvalue weighted by molar-refractivity contribution is -0.144. The molecule has 102 valence electrons. The Labute approximate surface area is 107 Å². The third-order valence-electron chi connectivity index (χ3n) is 1.94. The van der Waals surface area contributed by atoms with Crippen molar-refractivity contribution >= 4 is 23.4 Å². The summed E-state index contributed by atoms with van der Waals surface area (Å²) in [5, 5.41) is 2.86. The fraction of sp³-hybridized carbons (Fsp3) is 0.556. The molecule has 9 heteroatoms. The van der Waals surface area contributed by atoms with E-state index in [-0.39, 0.29) is 17.7 Å². The SMILES string of the molecule is CSCC(C)Nc1cc(NN)nc(C(F)(F)F)n1. The van der Waals surface area contributed by atoms with Gasteiger partial charge in [0.05, 0.1) is 0 Å². The Bertz CT molecular complexity index is 398. The van der Waals surface area contributed by atoms with Crippen molar-refractivity contribution in [2.24, 2.45) is 5.84 Å². The molecule has 0 radical (unpaired) electrons. The fourth-order valence-electron chi connectivity index (χ4n) is 1.27. The van der Waals surface area contributed by atoms with Crippen LogP contribution >= 0.6 is 11.8 Å². The van der Waals surface area contributed by atoms with E-state index >= 15 is 0 Å². The number of nitrogens with two attached hydrogens (primary N) is 1. The molecule has 0 aromatic carbocycles. The number of hydrazine groups is 1. The molecule has 0 saturated heterocycles. The quantitative estimate of drug-likeness (QED) is 0.566. The highest BCUT2D eigenvalue weighted by molar-refractivity contribution is 7.98. The highest BCUT2D eigenvalue weighted by Crippen LogP contribution is 2.28. The molecule has 0 bridgehead atoms. The Balaban J connectivity index is 2.97. The summed E-state index contributed by atoms with van der Waals surface area (Å²) in [5.74, 6) is 4.61. The standard InChI is InChI=1S/C9H14F3N5S/c1-5(4-18-2)14-6-3-7(17-13)16-8(15-6)9(10,11)12/h3,5H,4,13H2,1-2H3,(H2,14,15,16,17). The molecule has 1 aromatic rings. The average molecular weight is 281 g/mol. The Hall–Kier alpha value is -1.22. The van der Waals surface area contributed by atoms with Crippen LogP contribution in [0, 0.1) is 0 Å². The molecule has 0 amide bonds. The van der Waals surface area contributed by atoms with Gasteiger partial charge in [0.25, 0.3) is 0 Å². The summed E-state index contributed by atoms with van der Waals surface area (Å²) < 4.78 is 37.6. The van der Waals surface area contributed by atoms with Gasteiger partial charge >= 0.3 is 6.18 Å². The molecule has 1 aromatic heterocycles. The molecule has 4 N–H and O–H groups in total. The second-order valence-corrected chi connectivity index (χ2v) is 4.52. The minimum absolute atomic E-state index is 0.0124. The average Bonchev–Trinajstić information content (AvgIpc) is 2.27. The lowest BCUT2D eigenvalue weighted by atomic mass is 10.4. The molecule has 1 atom stereocenters. The summed E-state index contributed by atoms with van der Waals surface area (Å²) >= 11 is 1.58. The Morgan fingerprint density at radius 2 is 2.00 bits per heavy atom. The van der Waals surface area contributed by atoms with Crippen LogP contribution in [0.1, 0.15) is 12.7 Å². The first-order valence-electron chi connectivity index (χ1n) is 5.05. The van der Waals surface area contributed by atoms with Crippen molar-refractivity contribution < 1.29 is 13.2 Å². The number of hydrogen-bond acceptors (Lipinski definition) is 6. The number of alkyl halides is 3. The molecule has 1 heterocycles. The maximum absolute atomic E-state index is 12.5. The molecule has 0 aliphatic carbocycles. The highest BCUT2D eigenvalue weighted by Gasteiger charge is 2.35. The second-order valence-electron chi connectivity index (χ2n) is 3.60. The van der Waals surface area contributed by atoms with E-state index in [0.29, 0.717) is 0 Å². The lowest BCUT2D eigenvalue weighted by Crippen LogP contribution is -2.22. The van der Waals surface area contributed by atoms with Crippen molar-refractivity contribution in [2.45, 2.75) is 19.1 Å². The van der Waals surface area contributed by atoms with Gasteiger partial charge in [0.15, 0.2) is 0 Å². The van der Waals surface area contributed by atoms with E-state index in [1.54, 1.807) is 11.8 Å². The van der Waals surface area contributed by atoms with Gasteiger partial charge in [-0.25, -0.2) is 15.8 Å². The van der Waals surface area contributed by atoms with Crippen molar-refractivity contribution in [3.05, 3.63) is 11.9 Å². The number of halogens is 3. The smallest absolute Gasteiger partial charge is 0.367 e. The first-order chi connectivity index (χ1) is 8.36. The van der Waals surface area contributed by atoms with Gasteiger partial charge in [-0.1, -0.05) is 0 Å². The molecule has 5 nitrogen and oxygen atoms in total. The Kier molecular flexibility index (Phi) is 5.03. The predicted molar refractivity (Wildman–Crippen MR) is 66.3 cm³/mol. The zero-order chi connectivity index (χ0) is 13.8. The van der Waals surface area contributed by atoms with Gasteiger partial charge in [-0.05, 0) is 13.2 Å². The number of hydrogen-bond donors (Lipinski definition) is 3. The van der Waals surface area contributed by atoms with Crippen molar-refractivity contribution in [1.29, 1.82) is 0 Å². The molecule has 0 fully saturated rings. The summed E-state index contributed by atoms with van der Waals surface area (Å²) in [4.78, 5) is 6.68. The van der Waals surface area contributed by atoms with Crippen LogP contribution in [0.2, 0.25) is 0 Å². The first kappa shape index (κ1) is 14.8. The minimum atomic E-state index is -4.61. The maximum Gasteiger partial charge on any atom is 0.451 e. The topological polar surface area (TPSA) is 75.9 Å². The van der Waals surface area contributed by atoms with Crippen molar-refractivity contribution in [3.8, 4) is 0 Å². The number of anilines is 2. The monoisotopic (exact) mass is 281 g/mol. The van der Waals surface area contributed by atoms with Crippen molar-refractivity contribution in [3.63, 3.8) is 0 Å². The third kappa shape index (κ3) is 4.22. The zero-order valence-corrected chi connectivity index (χ0v) is 10.7. The molecule has 0 spiro atoms. The van der Waals surface area contributed by atoms with Crippen LogP contribution in [0.4, 0.5) is 24.8 Å². The number of aromatic nitrogens is 2. The van der Waals surface area contributed by atoms with E-state index in [1.165, 1.54) is 6.07 Å². The summed E-state index contributed by atoms with van der Waals surface area (Å²) in [5.41, 5.74) is 2.09. The van der Waals surface area contributed by atoms with E-state index in [0.717, 1.165) is 5.75 Å². The molecule has 0 aliphatic rings. The number of nitrogen functional groups attached to an aromatic ring is 1. The van der Waals surface area contributed by atoms with E-state index < -0.39 is 12.0 Å². The first-order valence-corrected chi connectivity index (χ1v) is 6.44. The Morgan fingerprint density at radius 3 is 2.50 bits per heavy atom. The van der Waals surface area contributed by atoms with Crippen LogP contribution < -0.4 is 16.6 Å². The number of rotatable bonds is 5. The van der Waals surface area contributed by atoms with E-state index in [2.05, 4.69) is 20.7 Å². The van der Waals surface area contributed by atoms with Gasteiger partial charge in [-0.3, -0.25) is 0 Å². The van der Waals surface area contributed by atoms with Gasteiger partial charge < -0.3 is 10.7 Å². The largest absolute Gasteiger partial charge is 0.451 e. The van der Waals surface area contributed by atoms with Gasteiger partial charge in [-0.15, -0.1) is 0 Å². The van der Waals surface area contributed by atoms with Crippen LogP contribution in [0.3, 0.4) is 0 Å². The van der Waals surface area contributed by atoms with Crippen LogP contribution in [-0.4, -0.2) is 28.0 Å². The van der Waals surface area contributed by atoms with E-state index in [9.17, 15) is 13.2 Å². The van der Waals surface area contributed by atoms with Crippen LogP contribution in [0.15, 0.2) is 6.07 Å². The normalized spacial score (nSPS) is 13.2. The summed E-state index contributed by atoms with van der Waals surface area (Å²) in [6.45, 7) is 1.85. The maximum atomic E-state index is 12.5. The molecular weight excluding hydrogens is 267 g/mol. The molecular formula is C9H14F3N5S. The van der Waals surface area contributed by atoms with E-state index in [1.807, 2.05) is 13.2 Å². The van der Waals surface area contributed by atoms with Crippen molar-refractivity contribution in [2.75, 3.05) is 22.8 Å². The third-order valence-corrected chi connectivity index (χ3v) is 2.77. The summed E-state index contributed by atoms with van der Waals surface area (Å²) in [6.07, 6.45) is -2.70. The molecule has 18 heavy (non-hydrogen) atoms. The molecule has 1 rings (SSSR count). The van der Waals surface area contributed by atoms with Crippen LogP contribution in [-0.2, 0) is 6.18 Å². The summed E-state index contributed by atoms with van der Waals surface area (Å²) in [7, 11) is 0. The lowest BCUT2D eigenvalue weighted by Gasteiger charge is -2.15. The molecule has 0 saturated carbocycles. The number of nitrogens with one attached hydrogen (secondary N) is 2. The zero-order valence-electron chi connectivity index (χ0n) is 9.88. The highest BCUT2D eigenvalue weighted by atomic mass is 32.2. The van der Waals surface area contributed by atoms with Gasteiger partial charge in [0, 0.05) is 17.9 Å². The predicted octanol–water partition coefficient (Wildman–Crippen LogP) is 1.94. The number of thioether (sulfide) groups is 1. The van der Waals surface area contributed by atoms with Gasteiger partial charge in [0.1, 0.15) is 11.6 Å². The Morgan fingerprint density at radius 1 is 1.39 bits per heavy atom.